The minimum absolute atomic E-state index is 0.0175. The van der Waals surface area contributed by atoms with E-state index in [0.29, 0.717) is 23.9 Å². The molecule has 0 unspecified atom stereocenters. The molecule has 0 fully saturated rings. The fourth-order valence-electron chi connectivity index (χ4n) is 2.60. The molecule has 3 aromatic rings. The molecule has 27 heavy (non-hydrogen) atoms. The molecule has 3 rings (SSSR count). The Morgan fingerprint density at radius 1 is 1.07 bits per heavy atom. The zero-order chi connectivity index (χ0) is 19.2. The van der Waals surface area contributed by atoms with Crippen LogP contribution in [0.15, 0.2) is 48.5 Å². The summed E-state index contributed by atoms with van der Waals surface area (Å²) in [6.45, 7) is 0.447. The summed E-state index contributed by atoms with van der Waals surface area (Å²) in [4.78, 5) is 15.4. The number of rotatable bonds is 7. The third-order valence-electron chi connectivity index (χ3n) is 4.05. The van der Waals surface area contributed by atoms with E-state index in [1.54, 1.807) is 26.2 Å². The lowest BCUT2D eigenvalue weighted by atomic mass is 10.2. The Kier molecular flexibility index (Phi) is 5.65. The second-order valence-corrected chi connectivity index (χ2v) is 5.95. The molecule has 140 valence electrons. The highest BCUT2D eigenvalue weighted by molar-refractivity contribution is 5.75. The van der Waals surface area contributed by atoms with Crippen LogP contribution in [0.2, 0.25) is 0 Å². The van der Waals surface area contributed by atoms with Crippen molar-refractivity contribution in [3.63, 3.8) is 0 Å². The number of benzene rings is 2. The highest BCUT2D eigenvalue weighted by Gasteiger charge is 2.14. The van der Waals surface area contributed by atoms with E-state index in [1.807, 2.05) is 48.5 Å². The van der Waals surface area contributed by atoms with Crippen LogP contribution in [0, 0.1) is 0 Å². The molecule has 0 N–H and O–H groups in total. The van der Waals surface area contributed by atoms with Crippen LogP contribution in [0.5, 0.6) is 11.5 Å². The maximum atomic E-state index is 12.5. The van der Waals surface area contributed by atoms with Crippen molar-refractivity contribution in [2.24, 2.45) is 0 Å². The van der Waals surface area contributed by atoms with E-state index in [9.17, 15) is 4.79 Å². The van der Waals surface area contributed by atoms with Crippen molar-refractivity contribution in [2.45, 2.75) is 13.1 Å². The van der Waals surface area contributed by atoms with E-state index >= 15 is 0 Å². The average Bonchev–Trinajstić information content (AvgIpc) is 3.17. The van der Waals surface area contributed by atoms with Crippen LogP contribution in [0.1, 0.15) is 5.56 Å². The predicted molar refractivity (Wildman–Crippen MR) is 99.3 cm³/mol. The Bertz CT molecular complexity index is 911. The van der Waals surface area contributed by atoms with Gasteiger partial charge in [-0.25, -0.2) is 0 Å². The first-order valence-corrected chi connectivity index (χ1v) is 8.39. The van der Waals surface area contributed by atoms with E-state index in [4.69, 9.17) is 9.47 Å². The Morgan fingerprint density at radius 3 is 2.52 bits per heavy atom. The zero-order valence-corrected chi connectivity index (χ0v) is 15.5. The molecule has 0 saturated carbocycles. The van der Waals surface area contributed by atoms with Gasteiger partial charge in [-0.2, -0.15) is 4.80 Å². The van der Waals surface area contributed by atoms with Gasteiger partial charge in [0.25, 0.3) is 0 Å². The normalized spacial score (nSPS) is 10.5. The van der Waals surface area contributed by atoms with E-state index in [-0.39, 0.29) is 12.5 Å². The fourth-order valence-corrected chi connectivity index (χ4v) is 2.60. The lowest BCUT2D eigenvalue weighted by molar-refractivity contribution is -0.131. The molecular formula is C19H21N5O3. The molecule has 2 aromatic carbocycles. The van der Waals surface area contributed by atoms with Crippen LogP contribution in [-0.2, 0) is 17.9 Å². The number of methoxy groups -OCH3 is 2. The first-order valence-electron chi connectivity index (χ1n) is 8.39. The number of hydrogen-bond acceptors (Lipinski definition) is 6. The highest BCUT2D eigenvalue weighted by Crippen LogP contribution is 2.27. The van der Waals surface area contributed by atoms with Crippen molar-refractivity contribution in [1.82, 2.24) is 25.1 Å². The van der Waals surface area contributed by atoms with Crippen LogP contribution in [-0.4, -0.2) is 52.3 Å². The van der Waals surface area contributed by atoms with E-state index in [2.05, 4.69) is 15.4 Å². The molecule has 8 heteroatoms. The number of aromatic nitrogens is 4. The predicted octanol–water partition coefficient (Wildman–Crippen LogP) is 2.02. The molecule has 0 aliphatic rings. The molecule has 0 bridgehead atoms. The number of ether oxygens (including phenoxy) is 2. The third-order valence-corrected chi connectivity index (χ3v) is 4.05. The summed E-state index contributed by atoms with van der Waals surface area (Å²) in [5.41, 5.74) is 1.79. The maximum Gasteiger partial charge on any atom is 0.246 e. The maximum absolute atomic E-state index is 12.5. The summed E-state index contributed by atoms with van der Waals surface area (Å²) in [5.74, 6) is 1.64. The lowest BCUT2D eigenvalue weighted by Crippen LogP contribution is -2.30. The van der Waals surface area contributed by atoms with Gasteiger partial charge in [0, 0.05) is 19.2 Å². The van der Waals surface area contributed by atoms with Crippen LogP contribution in [0.3, 0.4) is 0 Å². The second kappa shape index (κ2) is 8.31. The molecule has 0 radical (unpaired) electrons. The quantitative estimate of drug-likeness (QED) is 0.635. The lowest BCUT2D eigenvalue weighted by Gasteiger charge is -2.17. The van der Waals surface area contributed by atoms with Crippen LogP contribution in [0.4, 0.5) is 0 Å². The second-order valence-electron chi connectivity index (χ2n) is 5.95. The highest BCUT2D eigenvalue weighted by atomic mass is 16.5. The van der Waals surface area contributed by atoms with Gasteiger partial charge in [-0.05, 0) is 22.9 Å². The van der Waals surface area contributed by atoms with Gasteiger partial charge >= 0.3 is 0 Å². The average molecular weight is 367 g/mol. The Labute approximate surface area is 157 Å². The summed E-state index contributed by atoms with van der Waals surface area (Å²) in [5, 5.41) is 12.2. The fraction of sp³-hybridized carbons (Fsp3) is 0.263. The molecule has 1 aromatic heterocycles. The first-order chi connectivity index (χ1) is 13.1. The molecule has 0 aliphatic heterocycles. The van der Waals surface area contributed by atoms with Crippen molar-refractivity contribution in [3.05, 3.63) is 54.1 Å². The van der Waals surface area contributed by atoms with Gasteiger partial charge in [-0.3, -0.25) is 4.79 Å². The molecule has 0 spiro atoms. The van der Waals surface area contributed by atoms with Gasteiger partial charge in [0.15, 0.2) is 11.5 Å². The number of amides is 1. The molecule has 8 nitrogen and oxygen atoms in total. The first kappa shape index (κ1) is 18.4. The summed E-state index contributed by atoms with van der Waals surface area (Å²) < 4.78 is 10.5. The summed E-state index contributed by atoms with van der Waals surface area (Å²) in [6, 6.07) is 15.1. The van der Waals surface area contributed by atoms with Crippen molar-refractivity contribution < 1.29 is 14.3 Å². The third kappa shape index (κ3) is 4.41. The van der Waals surface area contributed by atoms with Gasteiger partial charge in [-0.15, -0.1) is 10.2 Å². The number of hydrogen-bond donors (Lipinski definition) is 0. The zero-order valence-electron chi connectivity index (χ0n) is 15.5. The van der Waals surface area contributed by atoms with Crippen LogP contribution < -0.4 is 9.47 Å². The van der Waals surface area contributed by atoms with Gasteiger partial charge < -0.3 is 14.4 Å². The molecule has 1 amide bonds. The van der Waals surface area contributed by atoms with Crippen molar-refractivity contribution in [1.29, 1.82) is 0 Å². The van der Waals surface area contributed by atoms with E-state index < -0.39 is 0 Å². The molecular weight excluding hydrogens is 346 g/mol. The number of likely N-dealkylation sites (N-methyl/N-ethyl adjacent to an activating group) is 1. The SMILES string of the molecule is COc1ccc(CN(C)C(=O)Cn2nnc(-c3ccccc3)n2)cc1OC. The number of carbonyl (C=O) groups is 1. The molecule has 0 atom stereocenters. The summed E-state index contributed by atoms with van der Waals surface area (Å²) in [7, 11) is 4.90. The van der Waals surface area contributed by atoms with Crippen molar-refractivity contribution in [3.8, 4) is 22.9 Å². The van der Waals surface area contributed by atoms with E-state index in [0.717, 1.165) is 11.1 Å². The monoisotopic (exact) mass is 367 g/mol. The van der Waals surface area contributed by atoms with Gasteiger partial charge in [0.05, 0.1) is 14.2 Å². The van der Waals surface area contributed by atoms with Crippen molar-refractivity contribution in [2.75, 3.05) is 21.3 Å². The Hall–Kier alpha value is -3.42. The van der Waals surface area contributed by atoms with Crippen LogP contribution in [0.25, 0.3) is 11.4 Å². The minimum Gasteiger partial charge on any atom is -0.493 e. The summed E-state index contributed by atoms with van der Waals surface area (Å²) >= 11 is 0. The van der Waals surface area contributed by atoms with Crippen molar-refractivity contribution >= 4 is 5.91 Å². The molecule has 0 saturated heterocycles. The molecule has 1 heterocycles. The topological polar surface area (TPSA) is 82.4 Å². The largest absolute Gasteiger partial charge is 0.493 e. The van der Waals surface area contributed by atoms with Gasteiger partial charge in [0.2, 0.25) is 11.7 Å². The molecule has 0 aliphatic carbocycles. The number of tetrazole rings is 1. The summed E-state index contributed by atoms with van der Waals surface area (Å²) in [6.07, 6.45) is 0. The number of nitrogens with zero attached hydrogens (tertiary/aromatic N) is 5. The standard InChI is InChI=1S/C19H21N5O3/c1-23(12-14-9-10-16(26-2)17(11-14)27-3)18(25)13-24-21-19(20-22-24)15-7-5-4-6-8-15/h4-11H,12-13H2,1-3H3. The Balaban J connectivity index is 1.64. The van der Waals surface area contributed by atoms with E-state index in [1.165, 1.54) is 4.80 Å². The smallest absolute Gasteiger partial charge is 0.246 e. The van der Waals surface area contributed by atoms with Crippen LogP contribution >= 0.6 is 0 Å². The van der Waals surface area contributed by atoms with Gasteiger partial charge in [0.1, 0.15) is 6.54 Å². The number of carbonyl (C=O) groups excluding carboxylic acids is 1. The van der Waals surface area contributed by atoms with Gasteiger partial charge in [-0.1, -0.05) is 36.4 Å². The minimum atomic E-state index is -0.123. The Morgan fingerprint density at radius 2 is 1.81 bits per heavy atom.